The van der Waals surface area contributed by atoms with Gasteiger partial charge in [0.1, 0.15) is 35.8 Å². The zero-order chi connectivity index (χ0) is 25.4. The molecule has 5 rings (SSSR count). The van der Waals surface area contributed by atoms with Crippen molar-refractivity contribution in [2.75, 3.05) is 6.61 Å². The minimum atomic E-state index is -1.06. The van der Waals surface area contributed by atoms with Gasteiger partial charge in [-0.2, -0.15) is 0 Å². The standard InChI is InChI=1S/C24H22N4O8/c1-12(29)32-9-18-21(33-13(2)30)22(34-14(3)31)24(36-18)28-11-27-20-19(25-10-26-23(20)28)17-8-15-6-4-5-7-16(15)35-17/h4-8,10-11,18,21-22,24H,9H2,1-3H3/t18-,21-,22-,24-/m1/s1. The molecule has 1 aromatic carbocycles. The second-order valence-corrected chi connectivity index (χ2v) is 8.21. The average Bonchev–Trinajstić information content (AvgIpc) is 3.53. The van der Waals surface area contributed by atoms with Crippen LogP contribution in [0.15, 0.2) is 47.4 Å². The van der Waals surface area contributed by atoms with Gasteiger partial charge in [0.2, 0.25) is 0 Å². The monoisotopic (exact) mass is 494 g/mol. The number of benzene rings is 1. The molecule has 36 heavy (non-hydrogen) atoms. The molecule has 12 nitrogen and oxygen atoms in total. The zero-order valence-electron chi connectivity index (χ0n) is 19.6. The van der Waals surface area contributed by atoms with Gasteiger partial charge in [-0.1, -0.05) is 18.2 Å². The third-order valence-electron chi connectivity index (χ3n) is 5.63. The van der Waals surface area contributed by atoms with Crippen LogP contribution in [-0.4, -0.2) is 62.3 Å². The fraction of sp³-hybridized carbons (Fsp3) is 0.333. The third kappa shape index (κ3) is 4.38. The molecule has 0 bridgehead atoms. The second kappa shape index (κ2) is 9.38. The Bertz CT molecular complexity index is 1430. The highest BCUT2D eigenvalue weighted by atomic mass is 16.7. The summed E-state index contributed by atoms with van der Waals surface area (Å²) in [4.78, 5) is 48.4. The molecule has 1 saturated heterocycles. The second-order valence-electron chi connectivity index (χ2n) is 8.21. The number of furan rings is 1. The number of nitrogens with zero attached hydrogens (tertiary/aromatic N) is 4. The molecule has 0 unspecified atom stereocenters. The Balaban J connectivity index is 1.56. The smallest absolute Gasteiger partial charge is 0.303 e. The molecule has 4 atom stereocenters. The van der Waals surface area contributed by atoms with Crippen molar-refractivity contribution in [1.29, 1.82) is 0 Å². The molecule has 0 aliphatic carbocycles. The van der Waals surface area contributed by atoms with Gasteiger partial charge in [-0.3, -0.25) is 19.0 Å². The molecule has 0 spiro atoms. The molecule has 186 valence electrons. The highest BCUT2D eigenvalue weighted by Gasteiger charge is 2.51. The molecule has 1 aliphatic heterocycles. The number of aromatic nitrogens is 4. The molecule has 1 fully saturated rings. The van der Waals surface area contributed by atoms with Crippen molar-refractivity contribution >= 4 is 40.0 Å². The van der Waals surface area contributed by atoms with Gasteiger partial charge in [-0.25, -0.2) is 15.0 Å². The molecule has 0 N–H and O–H groups in total. The number of hydrogen-bond donors (Lipinski definition) is 0. The Morgan fingerprint density at radius 2 is 1.72 bits per heavy atom. The van der Waals surface area contributed by atoms with Gasteiger partial charge in [0.05, 0.1) is 6.33 Å². The van der Waals surface area contributed by atoms with Crippen LogP contribution < -0.4 is 0 Å². The van der Waals surface area contributed by atoms with Crippen LogP contribution in [0.25, 0.3) is 33.6 Å². The van der Waals surface area contributed by atoms with Crippen LogP contribution in [0.1, 0.15) is 27.0 Å². The van der Waals surface area contributed by atoms with Gasteiger partial charge in [0, 0.05) is 26.2 Å². The molecular formula is C24H22N4O8. The summed E-state index contributed by atoms with van der Waals surface area (Å²) in [5.41, 5.74) is 1.96. The van der Waals surface area contributed by atoms with Crippen molar-refractivity contribution in [2.24, 2.45) is 0 Å². The first-order valence-corrected chi connectivity index (χ1v) is 11.1. The minimum absolute atomic E-state index is 0.215. The van der Waals surface area contributed by atoms with E-state index in [0.717, 1.165) is 5.39 Å². The van der Waals surface area contributed by atoms with E-state index in [4.69, 9.17) is 23.4 Å². The van der Waals surface area contributed by atoms with Crippen molar-refractivity contribution in [3.05, 3.63) is 43.0 Å². The summed E-state index contributed by atoms with van der Waals surface area (Å²) in [6.07, 6.45) is -1.16. The van der Waals surface area contributed by atoms with E-state index in [-0.39, 0.29) is 6.61 Å². The third-order valence-corrected chi connectivity index (χ3v) is 5.63. The van der Waals surface area contributed by atoms with Gasteiger partial charge < -0.3 is 23.4 Å². The average molecular weight is 494 g/mol. The number of fused-ring (bicyclic) bond motifs is 2. The van der Waals surface area contributed by atoms with Crippen LogP contribution in [0.3, 0.4) is 0 Å². The largest absolute Gasteiger partial charge is 0.463 e. The number of carbonyl (C=O) groups excluding carboxylic acids is 3. The van der Waals surface area contributed by atoms with E-state index in [2.05, 4.69) is 15.0 Å². The van der Waals surface area contributed by atoms with E-state index in [9.17, 15) is 14.4 Å². The molecule has 4 aromatic rings. The topological polar surface area (TPSA) is 145 Å². The SMILES string of the molecule is CC(=O)OC[C@H]1O[C@@H](n2cnc3c(-c4cc5ccccc5o4)ncnc32)[C@H](OC(C)=O)[C@@H]1OC(C)=O. The van der Waals surface area contributed by atoms with E-state index >= 15 is 0 Å². The summed E-state index contributed by atoms with van der Waals surface area (Å²) >= 11 is 0. The Hall–Kier alpha value is -4.32. The van der Waals surface area contributed by atoms with Crippen molar-refractivity contribution < 1.29 is 37.7 Å². The van der Waals surface area contributed by atoms with E-state index in [1.165, 1.54) is 33.4 Å². The predicted octanol–water partition coefficient (Wildman–Crippen LogP) is 2.56. The predicted molar refractivity (Wildman–Crippen MR) is 122 cm³/mol. The number of rotatable bonds is 6. The minimum Gasteiger partial charge on any atom is -0.463 e. The highest BCUT2D eigenvalue weighted by Crippen LogP contribution is 2.37. The lowest BCUT2D eigenvalue weighted by Gasteiger charge is -2.23. The first-order chi connectivity index (χ1) is 17.3. The summed E-state index contributed by atoms with van der Waals surface area (Å²) in [5, 5.41) is 0.908. The summed E-state index contributed by atoms with van der Waals surface area (Å²) in [7, 11) is 0. The van der Waals surface area contributed by atoms with Crippen molar-refractivity contribution in [3.8, 4) is 11.5 Å². The van der Waals surface area contributed by atoms with Crippen LogP contribution in [0, 0.1) is 0 Å². The number of imidazole rings is 1. The van der Waals surface area contributed by atoms with E-state index in [1.54, 1.807) is 4.57 Å². The molecule has 12 heteroatoms. The normalized spacial score (nSPS) is 21.5. The Kier molecular flexibility index (Phi) is 6.10. The van der Waals surface area contributed by atoms with Gasteiger partial charge in [0.25, 0.3) is 0 Å². The van der Waals surface area contributed by atoms with E-state index < -0.39 is 42.4 Å². The molecule has 0 amide bonds. The van der Waals surface area contributed by atoms with E-state index in [0.29, 0.717) is 28.2 Å². The van der Waals surface area contributed by atoms with Gasteiger partial charge >= 0.3 is 17.9 Å². The summed E-state index contributed by atoms with van der Waals surface area (Å²) < 4.78 is 29.6. The molecule has 0 saturated carbocycles. The first kappa shape index (κ1) is 23.4. The Labute approximate surface area is 204 Å². The number of ether oxygens (including phenoxy) is 4. The van der Waals surface area contributed by atoms with Crippen molar-refractivity contribution in [3.63, 3.8) is 0 Å². The number of para-hydroxylation sites is 1. The first-order valence-electron chi connectivity index (χ1n) is 11.1. The fourth-order valence-electron chi connectivity index (χ4n) is 4.23. The van der Waals surface area contributed by atoms with Crippen LogP contribution in [0.2, 0.25) is 0 Å². The fourth-order valence-corrected chi connectivity index (χ4v) is 4.23. The molecule has 0 radical (unpaired) electrons. The number of esters is 3. The number of carbonyl (C=O) groups is 3. The van der Waals surface area contributed by atoms with E-state index in [1.807, 2.05) is 30.3 Å². The summed E-state index contributed by atoms with van der Waals surface area (Å²) in [6.45, 7) is 3.49. The molecule has 3 aromatic heterocycles. The quantitative estimate of drug-likeness (QED) is 0.288. The molecular weight excluding hydrogens is 472 g/mol. The van der Waals surface area contributed by atoms with Crippen LogP contribution in [-0.2, 0) is 33.3 Å². The van der Waals surface area contributed by atoms with Crippen molar-refractivity contribution in [2.45, 2.75) is 45.3 Å². The van der Waals surface area contributed by atoms with Crippen molar-refractivity contribution in [1.82, 2.24) is 19.5 Å². The maximum absolute atomic E-state index is 11.9. The van der Waals surface area contributed by atoms with Gasteiger partial charge in [-0.05, 0) is 12.1 Å². The Morgan fingerprint density at radius 1 is 0.972 bits per heavy atom. The summed E-state index contributed by atoms with van der Waals surface area (Å²) in [6, 6.07) is 9.41. The van der Waals surface area contributed by atoms with Gasteiger partial charge in [0.15, 0.2) is 29.8 Å². The molecule has 4 heterocycles. The lowest BCUT2D eigenvalue weighted by atomic mass is 10.1. The molecule has 1 aliphatic rings. The maximum atomic E-state index is 11.9. The Morgan fingerprint density at radius 3 is 2.44 bits per heavy atom. The lowest BCUT2D eigenvalue weighted by Crippen LogP contribution is -2.40. The maximum Gasteiger partial charge on any atom is 0.303 e. The zero-order valence-corrected chi connectivity index (χ0v) is 19.6. The van der Waals surface area contributed by atoms with Gasteiger partial charge in [-0.15, -0.1) is 0 Å². The highest BCUT2D eigenvalue weighted by molar-refractivity contribution is 5.90. The van der Waals surface area contributed by atoms with Crippen LogP contribution in [0.5, 0.6) is 0 Å². The number of hydrogen-bond acceptors (Lipinski definition) is 11. The lowest BCUT2D eigenvalue weighted by molar-refractivity contribution is -0.166. The van der Waals surface area contributed by atoms with Crippen LogP contribution >= 0.6 is 0 Å². The summed E-state index contributed by atoms with van der Waals surface area (Å²) in [5.74, 6) is -1.26. The van der Waals surface area contributed by atoms with Crippen LogP contribution in [0.4, 0.5) is 0 Å².